The van der Waals surface area contributed by atoms with Gasteiger partial charge in [-0.05, 0) is 39.7 Å². The largest absolute Gasteiger partial charge is 0.497 e. The van der Waals surface area contributed by atoms with Crippen molar-refractivity contribution in [2.45, 2.75) is 18.6 Å². The van der Waals surface area contributed by atoms with Gasteiger partial charge in [-0.15, -0.1) is 0 Å². The van der Waals surface area contributed by atoms with Crippen LogP contribution < -0.4 is 10.1 Å². The van der Waals surface area contributed by atoms with Crippen LogP contribution in [0.25, 0.3) is 0 Å². The highest BCUT2D eigenvalue weighted by Crippen LogP contribution is 2.30. The normalized spacial score (nSPS) is 19.0. The third-order valence-corrected chi connectivity index (χ3v) is 5.30. The second-order valence-corrected chi connectivity index (χ2v) is 7.31. The van der Waals surface area contributed by atoms with Crippen molar-refractivity contribution >= 4 is 27.7 Å². The molecular weight excluding hydrogens is 415 g/mol. The Labute approximate surface area is 165 Å². The minimum Gasteiger partial charge on any atom is -0.497 e. The lowest BCUT2D eigenvalue weighted by atomic mass is 10.0. The van der Waals surface area contributed by atoms with Crippen molar-refractivity contribution < 1.29 is 18.7 Å². The highest BCUT2D eigenvalue weighted by atomic mass is 79.9. The molecule has 7 heteroatoms. The van der Waals surface area contributed by atoms with Crippen LogP contribution in [0.4, 0.5) is 4.39 Å². The highest BCUT2D eigenvalue weighted by Gasteiger charge is 2.46. The number of rotatable bonds is 5. The van der Waals surface area contributed by atoms with Crippen LogP contribution in [0.5, 0.6) is 5.75 Å². The topological polar surface area (TPSA) is 58.6 Å². The lowest BCUT2D eigenvalue weighted by Crippen LogP contribution is -2.45. The van der Waals surface area contributed by atoms with Gasteiger partial charge in [0.15, 0.2) is 0 Å². The van der Waals surface area contributed by atoms with E-state index in [-0.39, 0.29) is 32.0 Å². The van der Waals surface area contributed by atoms with Crippen molar-refractivity contribution in [2.75, 3.05) is 20.2 Å². The van der Waals surface area contributed by atoms with Gasteiger partial charge in [-0.2, -0.15) is 0 Å². The molecular formula is C20H20BrFN2O3. The van der Waals surface area contributed by atoms with E-state index in [0.29, 0.717) is 15.8 Å². The van der Waals surface area contributed by atoms with E-state index in [0.717, 1.165) is 5.56 Å². The highest BCUT2D eigenvalue weighted by molar-refractivity contribution is 9.10. The standard InChI is InChI=1S/C20H20BrFN2O3/c1-27-15-7-8-17(21)16(11-15)18(25)24-10-9-20(22,13-24)19(26)23-12-14-5-3-2-4-6-14/h2-8,11H,9-10,12-13H2,1H3,(H,23,26). The average Bonchev–Trinajstić information content (AvgIpc) is 3.10. The number of likely N-dealkylation sites (tertiary alicyclic amines) is 1. The maximum absolute atomic E-state index is 15.1. The number of methoxy groups -OCH3 is 1. The summed E-state index contributed by atoms with van der Waals surface area (Å²) in [5.74, 6) is -0.490. The molecule has 1 unspecified atom stereocenters. The number of halogens is 2. The Hall–Kier alpha value is -2.41. The maximum Gasteiger partial charge on any atom is 0.259 e. The molecule has 1 N–H and O–H groups in total. The summed E-state index contributed by atoms with van der Waals surface area (Å²) < 4.78 is 20.9. The molecule has 2 amide bonds. The lowest BCUT2D eigenvalue weighted by molar-refractivity contribution is -0.132. The van der Waals surface area contributed by atoms with Gasteiger partial charge < -0.3 is 15.0 Å². The first-order valence-electron chi connectivity index (χ1n) is 8.57. The first kappa shape index (κ1) is 19.4. The Morgan fingerprint density at radius 2 is 2.00 bits per heavy atom. The molecule has 1 fully saturated rings. The van der Waals surface area contributed by atoms with Gasteiger partial charge in [-0.3, -0.25) is 9.59 Å². The summed E-state index contributed by atoms with van der Waals surface area (Å²) in [5, 5.41) is 2.63. The zero-order chi connectivity index (χ0) is 19.4. The molecule has 1 saturated heterocycles. The first-order valence-corrected chi connectivity index (χ1v) is 9.36. The summed E-state index contributed by atoms with van der Waals surface area (Å²) in [7, 11) is 1.51. The predicted molar refractivity (Wildman–Crippen MR) is 103 cm³/mol. The fourth-order valence-electron chi connectivity index (χ4n) is 3.03. The van der Waals surface area contributed by atoms with Crippen molar-refractivity contribution in [3.8, 4) is 5.75 Å². The quantitative estimate of drug-likeness (QED) is 0.784. The Bertz CT molecular complexity index is 846. The molecule has 27 heavy (non-hydrogen) atoms. The van der Waals surface area contributed by atoms with E-state index < -0.39 is 11.6 Å². The van der Waals surface area contributed by atoms with Crippen molar-refractivity contribution in [3.05, 3.63) is 64.1 Å². The summed E-state index contributed by atoms with van der Waals surface area (Å²) >= 11 is 3.34. The van der Waals surface area contributed by atoms with E-state index in [1.54, 1.807) is 18.2 Å². The monoisotopic (exact) mass is 434 g/mol. The number of benzene rings is 2. The van der Waals surface area contributed by atoms with Crippen molar-refractivity contribution in [3.63, 3.8) is 0 Å². The van der Waals surface area contributed by atoms with Crippen LogP contribution in [-0.4, -0.2) is 42.6 Å². The summed E-state index contributed by atoms with van der Waals surface area (Å²) in [5.41, 5.74) is -0.820. The summed E-state index contributed by atoms with van der Waals surface area (Å²) in [6.07, 6.45) is -0.0268. The van der Waals surface area contributed by atoms with Gasteiger partial charge in [0.05, 0.1) is 19.2 Å². The number of carbonyl (C=O) groups is 2. The number of amides is 2. The molecule has 1 heterocycles. The molecule has 1 atom stereocenters. The van der Waals surface area contributed by atoms with Gasteiger partial charge in [0, 0.05) is 24.0 Å². The van der Waals surface area contributed by atoms with Gasteiger partial charge >= 0.3 is 0 Å². The van der Waals surface area contributed by atoms with Gasteiger partial charge in [0.2, 0.25) is 5.67 Å². The van der Waals surface area contributed by atoms with Crippen molar-refractivity contribution in [1.82, 2.24) is 10.2 Å². The van der Waals surface area contributed by atoms with Crippen LogP contribution in [0.3, 0.4) is 0 Å². The third kappa shape index (κ3) is 4.30. The number of hydrogen-bond acceptors (Lipinski definition) is 3. The van der Waals surface area contributed by atoms with E-state index in [1.165, 1.54) is 12.0 Å². The number of ether oxygens (including phenoxy) is 1. The molecule has 2 aromatic rings. The second kappa shape index (κ2) is 8.08. The maximum atomic E-state index is 15.1. The van der Waals surface area contributed by atoms with Crippen LogP contribution in [0, 0.1) is 0 Å². The van der Waals surface area contributed by atoms with Gasteiger partial charge in [0.25, 0.3) is 11.8 Å². The molecule has 142 valence electrons. The minimum absolute atomic E-state index is 0.0268. The molecule has 1 aliphatic heterocycles. The van der Waals surface area contributed by atoms with E-state index in [1.807, 2.05) is 30.3 Å². The van der Waals surface area contributed by atoms with E-state index in [9.17, 15) is 9.59 Å². The van der Waals surface area contributed by atoms with Gasteiger partial charge in [-0.25, -0.2) is 4.39 Å². The number of nitrogens with zero attached hydrogens (tertiary/aromatic N) is 1. The number of hydrogen-bond donors (Lipinski definition) is 1. The SMILES string of the molecule is COc1ccc(Br)c(C(=O)N2CCC(F)(C(=O)NCc3ccccc3)C2)c1. The van der Waals surface area contributed by atoms with Crippen molar-refractivity contribution in [2.24, 2.45) is 0 Å². The van der Waals surface area contributed by atoms with Crippen LogP contribution in [-0.2, 0) is 11.3 Å². The van der Waals surface area contributed by atoms with Crippen LogP contribution in [0.2, 0.25) is 0 Å². The number of nitrogens with one attached hydrogen (secondary N) is 1. The Morgan fingerprint density at radius 3 is 2.70 bits per heavy atom. The smallest absolute Gasteiger partial charge is 0.259 e. The Kier molecular flexibility index (Phi) is 5.79. The molecule has 2 aromatic carbocycles. The Morgan fingerprint density at radius 1 is 1.26 bits per heavy atom. The zero-order valence-electron chi connectivity index (χ0n) is 14.9. The van der Waals surface area contributed by atoms with E-state index in [4.69, 9.17) is 4.74 Å². The molecule has 0 aromatic heterocycles. The van der Waals surface area contributed by atoms with Crippen LogP contribution >= 0.6 is 15.9 Å². The molecule has 0 bridgehead atoms. The summed E-state index contributed by atoms with van der Waals surface area (Å²) in [6, 6.07) is 14.3. The second-order valence-electron chi connectivity index (χ2n) is 6.46. The Balaban J connectivity index is 1.66. The van der Waals surface area contributed by atoms with Gasteiger partial charge in [-0.1, -0.05) is 30.3 Å². The first-order chi connectivity index (χ1) is 12.9. The fraction of sp³-hybridized carbons (Fsp3) is 0.300. The van der Waals surface area contributed by atoms with Crippen LogP contribution in [0.1, 0.15) is 22.3 Å². The molecule has 1 aliphatic rings. The summed E-state index contributed by atoms with van der Waals surface area (Å²) in [6.45, 7) is 0.161. The van der Waals surface area contributed by atoms with E-state index in [2.05, 4.69) is 21.2 Å². The molecule has 0 saturated carbocycles. The molecule has 0 aliphatic carbocycles. The van der Waals surface area contributed by atoms with E-state index >= 15 is 4.39 Å². The number of carbonyl (C=O) groups excluding carboxylic acids is 2. The minimum atomic E-state index is -2.09. The average molecular weight is 435 g/mol. The third-order valence-electron chi connectivity index (χ3n) is 4.61. The fourth-order valence-corrected chi connectivity index (χ4v) is 3.45. The lowest BCUT2D eigenvalue weighted by Gasteiger charge is -2.21. The molecule has 3 rings (SSSR count). The molecule has 5 nitrogen and oxygen atoms in total. The van der Waals surface area contributed by atoms with Crippen LogP contribution in [0.15, 0.2) is 53.0 Å². The predicted octanol–water partition coefficient (Wildman–Crippen LogP) is 3.33. The number of alkyl halides is 1. The molecule has 0 radical (unpaired) electrons. The van der Waals surface area contributed by atoms with Crippen molar-refractivity contribution in [1.29, 1.82) is 0 Å². The van der Waals surface area contributed by atoms with Gasteiger partial charge in [0.1, 0.15) is 5.75 Å². The zero-order valence-corrected chi connectivity index (χ0v) is 16.5. The molecule has 0 spiro atoms. The summed E-state index contributed by atoms with van der Waals surface area (Å²) in [4.78, 5) is 26.5.